The molecule has 0 radical (unpaired) electrons. The topological polar surface area (TPSA) is 75.3 Å². The molecule has 1 aliphatic carbocycles. The van der Waals surface area contributed by atoms with Crippen LogP contribution in [0.25, 0.3) is 0 Å². The smallest absolute Gasteiger partial charge is 0.220 e. The number of nitrogens with one attached hydrogen (secondary N) is 2. The zero-order chi connectivity index (χ0) is 14.4. The summed E-state index contributed by atoms with van der Waals surface area (Å²) in [6.07, 6.45) is 5.81. The van der Waals surface area contributed by atoms with E-state index in [4.69, 9.17) is 0 Å². The Bertz CT molecular complexity index is 412. The average molecular weight is 302 g/mol. The van der Waals surface area contributed by atoms with E-state index in [-0.39, 0.29) is 18.2 Å². The van der Waals surface area contributed by atoms with E-state index in [1.54, 1.807) is 0 Å². The van der Waals surface area contributed by atoms with Crippen LogP contribution in [0.3, 0.4) is 0 Å². The summed E-state index contributed by atoms with van der Waals surface area (Å²) >= 11 is 0. The summed E-state index contributed by atoms with van der Waals surface area (Å²) in [5, 5.41) is 6.04. The molecule has 20 heavy (non-hydrogen) atoms. The van der Waals surface area contributed by atoms with E-state index in [1.165, 1.54) is 0 Å². The third-order valence-electron chi connectivity index (χ3n) is 4.16. The molecule has 116 valence electrons. The van der Waals surface area contributed by atoms with Crippen LogP contribution in [0.5, 0.6) is 0 Å². The lowest BCUT2D eigenvalue weighted by molar-refractivity contribution is -0.121. The highest BCUT2D eigenvalue weighted by molar-refractivity contribution is 7.91. The first-order chi connectivity index (χ1) is 9.55. The Morgan fingerprint density at radius 2 is 1.80 bits per heavy atom. The van der Waals surface area contributed by atoms with E-state index in [2.05, 4.69) is 10.6 Å². The van der Waals surface area contributed by atoms with Gasteiger partial charge in [0.05, 0.1) is 11.5 Å². The Morgan fingerprint density at radius 3 is 2.45 bits per heavy atom. The van der Waals surface area contributed by atoms with E-state index in [0.717, 1.165) is 45.2 Å². The van der Waals surface area contributed by atoms with Crippen molar-refractivity contribution in [2.75, 3.05) is 31.1 Å². The number of hydrogen-bond donors (Lipinski definition) is 2. The van der Waals surface area contributed by atoms with Crippen LogP contribution in [-0.4, -0.2) is 45.5 Å². The van der Waals surface area contributed by atoms with Gasteiger partial charge in [-0.15, -0.1) is 0 Å². The number of hydrogen-bond acceptors (Lipinski definition) is 4. The van der Waals surface area contributed by atoms with Crippen molar-refractivity contribution < 1.29 is 13.2 Å². The molecule has 5 nitrogen and oxygen atoms in total. The minimum atomic E-state index is -2.97. The van der Waals surface area contributed by atoms with Gasteiger partial charge in [0, 0.05) is 13.0 Å². The highest BCUT2D eigenvalue weighted by Crippen LogP contribution is 2.30. The molecule has 1 heterocycles. The van der Waals surface area contributed by atoms with Crippen molar-refractivity contribution in [1.82, 2.24) is 10.6 Å². The molecule has 0 aromatic heterocycles. The molecule has 0 bridgehead atoms. The van der Waals surface area contributed by atoms with Gasteiger partial charge in [-0.1, -0.05) is 0 Å². The number of amides is 1. The maximum Gasteiger partial charge on any atom is 0.220 e. The maximum atomic E-state index is 11.7. The number of sulfone groups is 1. The molecule has 0 aromatic rings. The first-order valence-corrected chi connectivity index (χ1v) is 9.55. The lowest BCUT2D eigenvalue weighted by Crippen LogP contribution is -2.31. The van der Waals surface area contributed by atoms with Crippen LogP contribution in [0.1, 0.15) is 38.5 Å². The summed E-state index contributed by atoms with van der Waals surface area (Å²) in [4.78, 5) is 11.7. The van der Waals surface area contributed by atoms with E-state index in [0.29, 0.717) is 24.0 Å². The van der Waals surface area contributed by atoms with Crippen molar-refractivity contribution in [3.05, 3.63) is 0 Å². The van der Waals surface area contributed by atoms with Crippen molar-refractivity contribution in [3.63, 3.8) is 0 Å². The van der Waals surface area contributed by atoms with Crippen molar-refractivity contribution >= 4 is 15.7 Å². The Labute approximate surface area is 121 Å². The first kappa shape index (κ1) is 15.8. The molecule has 1 saturated carbocycles. The molecule has 2 fully saturated rings. The molecule has 2 aliphatic rings. The predicted octanol–water partition coefficient (Wildman–Crippen LogP) is 0.707. The predicted molar refractivity (Wildman–Crippen MR) is 79.2 cm³/mol. The summed E-state index contributed by atoms with van der Waals surface area (Å²) in [6.45, 7) is 2.36. The van der Waals surface area contributed by atoms with Crippen LogP contribution in [0.15, 0.2) is 0 Å². The maximum absolute atomic E-state index is 11.7. The molecule has 1 aliphatic heterocycles. The summed E-state index contributed by atoms with van der Waals surface area (Å²) in [5.74, 6) is 1.40. The van der Waals surface area contributed by atoms with E-state index in [9.17, 15) is 13.2 Å². The quantitative estimate of drug-likeness (QED) is 0.692. The fraction of sp³-hybridized carbons (Fsp3) is 0.929. The highest BCUT2D eigenvalue weighted by Gasteiger charge is 2.27. The molecule has 1 saturated heterocycles. The van der Waals surface area contributed by atoms with Crippen LogP contribution in [0.2, 0.25) is 0 Å². The highest BCUT2D eigenvalue weighted by atomic mass is 32.2. The fourth-order valence-corrected chi connectivity index (χ4v) is 4.30. The Hall–Kier alpha value is -0.620. The number of rotatable bonds is 8. The SMILES string of the molecule is O=C(CCC1CCNCC1)NCCS(=O)(=O)CC1CC1. The lowest BCUT2D eigenvalue weighted by atomic mass is 9.93. The second-order valence-electron chi connectivity index (χ2n) is 6.14. The fourth-order valence-electron chi connectivity index (χ4n) is 2.67. The summed E-state index contributed by atoms with van der Waals surface area (Å²) in [6, 6.07) is 0. The van der Waals surface area contributed by atoms with Crippen molar-refractivity contribution in [3.8, 4) is 0 Å². The van der Waals surface area contributed by atoms with Gasteiger partial charge in [-0.3, -0.25) is 4.79 Å². The van der Waals surface area contributed by atoms with Gasteiger partial charge in [0.15, 0.2) is 9.84 Å². The third-order valence-corrected chi connectivity index (χ3v) is 5.97. The Balaban J connectivity index is 1.55. The van der Waals surface area contributed by atoms with Crippen LogP contribution in [0, 0.1) is 11.8 Å². The van der Waals surface area contributed by atoms with Crippen LogP contribution < -0.4 is 10.6 Å². The van der Waals surface area contributed by atoms with Gasteiger partial charge in [0.25, 0.3) is 0 Å². The second kappa shape index (κ2) is 7.41. The molecular formula is C14H26N2O3S. The zero-order valence-electron chi connectivity index (χ0n) is 12.1. The zero-order valence-corrected chi connectivity index (χ0v) is 12.9. The van der Waals surface area contributed by atoms with Crippen molar-refractivity contribution in [1.29, 1.82) is 0 Å². The van der Waals surface area contributed by atoms with E-state index in [1.807, 2.05) is 0 Å². The van der Waals surface area contributed by atoms with Gasteiger partial charge in [-0.2, -0.15) is 0 Å². The van der Waals surface area contributed by atoms with E-state index >= 15 is 0 Å². The Morgan fingerprint density at radius 1 is 1.10 bits per heavy atom. The van der Waals surface area contributed by atoms with Gasteiger partial charge >= 0.3 is 0 Å². The molecule has 0 atom stereocenters. The van der Waals surface area contributed by atoms with Crippen LogP contribution >= 0.6 is 0 Å². The van der Waals surface area contributed by atoms with Gasteiger partial charge in [0.1, 0.15) is 0 Å². The molecule has 0 unspecified atom stereocenters. The first-order valence-electron chi connectivity index (χ1n) is 7.73. The largest absolute Gasteiger partial charge is 0.355 e. The van der Waals surface area contributed by atoms with Gasteiger partial charge in [-0.25, -0.2) is 8.42 Å². The van der Waals surface area contributed by atoms with E-state index < -0.39 is 9.84 Å². The minimum Gasteiger partial charge on any atom is -0.355 e. The molecule has 2 rings (SSSR count). The third kappa shape index (κ3) is 6.22. The average Bonchev–Trinajstić information content (AvgIpc) is 3.20. The molecular weight excluding hydrogens is 276 g/mol. The van der Waals surface area contributed by atoms with Gasteiger partial charge in [0.2, 0.25) is 5.91 Å². The number of carbonyl (C=O) groups excluding carboxylic acids is 1. The standard InChI is InChI=1S/C14H26N2O3S/c17-14(4-3-12-5-7-15-8-6-12)16-9-10-20(18,19)11-13-1-2-13/h12-13,15H,1-11H2,(H,16,17). The number of carbonyl (C=O) groups is 1. The molecule has 6 heteroatoms. The van der Waals surface area contributed by atoms with Crippen molar-refractivity contribution in [2.45, 2.75) is 38.5 Å². The number of piperidine rings is 1. The normalized spacial score (nSPS) is 20.8. The second-order valence-corrected chi connectivity index (χ2v) is 8.37. The Kier molecular flexibility index (Phi) is 5.84. The van der Waals surface area contributed by atoms with Crippen molar-refractivity contribution in [2.24, 2.45) is 11.8 Å². The van der Waals surface area contributed by atoms with Crippen LogP contribution in [0.4, 0.5) is 0 Å². The summed E-state index contributed by atoms with van der Waals surface area (Å²) < 4.78 is 23.4. The van der Waals surface area contributed by atoms with Gasteiger partial charge < -0.3 is 10.6 Å². The lowest BCUT2D eigenvalue weighted by Gasteiger charge is -2.22. The molecule has 0 aromatic carbocycles. The monoisotopic (exact) mass is 302 g/mol. The summed E-state index contributed by atoms with van der Waals surface area (Å²) in [7, 11) is -2.97. The minimum absolute atomic E-state index is 0.00912. The summed E-state index contributed by atoms with van der Waals surface area (Å²) in [5.41, 5.74) is 0. The van der Waals surface area contributed by atoms with Gasteiger partial charge in [-0.05, 0) is 57.0 Å². The molecule has 2 N–H and O–H groups in total. The van der Waals surface area contributed by atoms with Crippen LogP contribution in [-0.2, 0) is 14.6 Å². The molecule has 0 spiro atoms. The molecule has 1 amide bonds.